The third kappa shape index (κ3) is 8.04. The Balaban J connectivity index is 3.70. The second-order valence-corrected chi connectivity index (χ2v) is 6.35. The number of aliphatic hydroxyl groups excluding tert-OH is 1. The average molecular weight is 253 g/mol. The number of nitrogens with one attached hydrogen (secondary N) is 1. The van der Waals surface area contributed by atoms with Gasteiger partial charge in [0.25, 0.3) is 0 Å². The molecule has 0 aliphatic rings. The van der Waals surface area contributed by atoms with E-state index in [1.165, 1.54) is 7.11 Å². The van der Waals surface area contributed by atoms with Crippen LogP contribution in [0.5, 0.6) is 0 Å². The van der Waals surface area contributed by atoms with Crippen molar-refractivity contribution in [1.29, 1.82) is 0 Å². The standard InChI is InChI=1S/C10H23NO4S/c1-4-16(13,14)8-9(2)11-6-5-10(12)7-15-3/h9-12H,4-8H2,1-3H3. The first-order valence-corrected chi connectivity index (χ1v) is 7.34. The zero-order valence-corrected chi connectivity index (χ0v) is 11.1. The summed E-state index contributed by atoms with van der Waals surface area (Å²) in [6, 6.07) is -0.0836. The van der Waals surface area contributed by atoms with Crippen LogP contribution in [0.1, 0.15) is 20.3 Å². The molecule has 0 saturated carbocycles. The van der Waals surface area contributed by atoms with Crippen LogP contribution in [0.3, 0.4) is 0 Å². The summed E-state index contributed by atoms with van der Waals surface area (Å²) in [5.74, 6) is 0.315. The molecule has 0 spiro atoms. The lowest BCUT2D eigenvalue weighted by atomic mass is 10.2. The van der Waals surface area contributed by atoms with E-state index in [0.29, 0.717) is 19.6 Å². The summed E-state index contributed by atoms with van der Waals surface area (Å²) >= 11 is 0. The molecule has 0 rings (SSSR count). The van der Waals surface area contributed by atoms with Gasteiger partial charge in [-0.15, -0.1) is 0 Å². The maximum atomic E-state index is 11.3. The molecule has 2 atom stereocenters. The number of hydrogen-bond donors (Lipinski definition) is 2. The third-order valence-electron chi connectivity index (χ3n) is 2.27. The van der Waals surface area contributed by atoms with Crippen molar-refractivity contribution in [2.75, 3.05) is 31.8 Å². The first-order chi connectivity index (χ1) is 7.41. The van der Waals surface area contributed by atoms with Crippen molar-refractivity contribution >= 4 is 9.84 Å². The minimum atomic E-state index is -2.93. The molecule has 5 nitrogen and oxygen atoms in total. The van der Waals surface area contributed by atoms with Gasteiger partial charge in [0.1, 0.15) is 0 Å². The van der Waals surface area contributed by atoms with Crippen LogP contribution < -0.4 is 5.32 Å². The molecule has 98 valence electrons. The third-order valence-corrected chi connectivity index (χ3v) is 4.16. The molecular weight excluding hydrogens is 230 g/mol. The predicted octanol–water partition coefficient (Wildman–Crippen LogP) is -0.203. The number of methoxy groups -OCH3 is 1. The maximum Gasteiger partial charge on any atom is 0.151 e. The van der Waals surface area contributed by atoms with E-state index < -0.39 is 15.9 Å². The van der Waals surface area contributed by atoms with Gasteiger partial charge in [-0.25, -0.2) is 8.42 Å². The average Bonchev–Trinajstić information content (AvgIpc) is 2.17. The first kappa shape index (κ1) is 15.8. The van der Waals surface area contributed by atoms with E-state index in [0.717, 1.165) is 0 Å². The fourth-order valence-corrected chi connectivity index (χ4v) is 2.45. The van der Waals surface area contributed by atoms with E-state index in [2.05, 4.69) is 5.32 Å². The van der Waals surface area contributed by atoms with Crippen molar-refractivity contribution in [3.8, 4) is 0 Å². The fraction of sp³-hybridized carbons (Fsp3) is 1.00. The van der Waals surface area contributed by atoms with Gasteiger partial charge in [-0.3, -0.25) is 0 Å². The van der Waals surface area contributed by atoms with Gasteiger partial charge in [0.05, 0.1) is 18.5 Å². The summed E-state index contributed by atoms with van der Waals surface area (Å²) in [7, 11) is -1.39. The molecule has 2 unspecified atom stereocenters. The first-order valence-electron chi connectivity index (χ1n) is 5.52. The maximum absolute atomic E-state index is 11.3. The van der Waals surface area contributed by atoms with Crippen LogP contribution in [0.2, 0.25) is 0 Å². The van der Waals surface area contributed by atoms with Crippen molar-refractivity contribution < 1.29 is 18.3 Å². The molecule has 0 aliphatic heterocycles. The highest BCUT2D eigenvalue weighted by Gasteiger charge is 2.13. The summed E-state index contributed by atoms with van der Waals surface area (Å²) < 4.78 is 27.4. The summed E-state index contributed by atoms with van der Waals surface area (Å²) in [5, 5.41) is 12.4. The molecule has 0 saturated heterocycles. The Hall–Kier alpha value is -0.170. The number of aliphatic hydroxyl groups is 1. The Morgan fingerprint density at radius 3 is 2.56 bits per heavy atom. The molecule has 0 fully saturated rings. The van der Waals surface area contributed by atoms with E-state index in [4.69, 9.17) is 4.74 Å². The lowest BCUT2D eigenvalue weighted by molar-refractivity contribution is 0.0592. The SMILES string of the molecule is CCS(=O)(=O)CC(C)NCCC(O)COC. The Labute approximate surface area is 98.1 Å². The van der Waals surface area contributed by atoms with Gasteiger partial charge in [0, 0.05) is 18.9 Å². The molecule has 0 amide bonds. The highest BCUT2D eigenvalue weighted by molar-refractivity contribution is 7.91. The van der Waals surface area contributed by atoms with Gasteiger partial charge in [-0.2, -0.15) is 0 Å². The van der Waals surface area contributed by atoms with Crippen LogP contribution in [-0.2, 0) is 14.6 Å². The van der Waals surface area contributed by atoms with Gasteiger partial charge in [-0.05, 0) is 19.9 Å². The molecule has 6 heteroatoms. The summed E-state index contributed by atoms with van der Waals surface area (Å²) in [4.78, 5) is 0. The van der Waals surface area contributed by atoms with Gasteiger partial charge in [0.2, 0.25) is 0 Å². The van der Waals surface area contributed by atoms with Crippen molar-refractivity contribution in [2.24, 2.45) is 0 Å². The number of hydrogen-bond acceptors (Lipinski definition) is 5. The predicted molar refractivity (Wildman–Crippen MR) is 64.3 cm³/mol. The number of ether oxygens (including phenoxy) is 1. The van der Waals surface area contributed by atoms with Gasteiger partial charge in [-0.1, -0.05) is 6.92 Å². The Bertz CT molecular complexity index is 266. The lowest BCUT2D eigenvalue weighted by Gasteiger charge is -2.15. The minimum Gasteiger partial charge on any atom is -0.391 e. The Morgan fingerprint density at radius 2 is 2.06 bits per heavy atom. The zero-order valence-electron chi connectivity index (χ0n) is 10.3. The molecule has 0 aromatic rings. The molecule has 0 bridgehead atoms. The topological polar surface area (TPSA) is 75.6 Å². The lowest BCUT2D eigenvalue weighted by Crippen LogP contribution is -2.35. The van der Waals surface area contributed by atoms with E-state index in [1.807, 2.05) is 6.92 Å². The van der Waals surface area contributed by atoms with Crippen LogP contribution in [-0.4, -0.2) is 57.4 Å². The summed E-state index contributed by atoms with van der Waals surface area (Å²) in [6.07, 6.45) is 0.0668. The van der Waals surface area contributed by atoms with Crippen LogP contribution in [0.4, 0.5) is 0 Å². The van der Waals surface area contributed by atoms with E-state index >= 15 is 0 Å². The molecule has 2 N–H and O–H groups in total. The van der Waals surface area contributed by atoms with Crippen LogP contribution in [0.15, 0.2) is 0 Å². The second-order valence-electron chi connectivity index (χ2n) is 3.95. The van der Waals surface area contributed by atoms with E-state index in [9.17, 15) is 13.5 Å². The summed E-state index contributed by atoms with van der Waals surface area (Å²) in [5.41, 5.74) is 0. The van der Waals surface area contributed by atoms with Gasteiger partial charge < -0.3 is 15.2 Å². The van der Waals surface area contributed by atoms with Crippen molar-refractivity contribution in [3.05, 3.63) is 0 Å². The molecule has 0 aromatic heterocycles. The normalized spacial score (nSPS) is 16.0. The highest BCUT2D eigenvalue weighted by atomic mass is 32.2. The molecule has 0 aromatic carbocycles. The van der Waals surface area contributed by atoms with Crippen LogP contribution in [0.25, 0.3) is 0 Å². The van der Waals surface area contributed by atoms with E-state index in [1.54, 1.807) is 6.92 Å². The van der Waals surface area contributed by atoms with Crippen LogP contribution >= 0.6 is 0 Å². The van der Waals surface area contributed by atoms with Crippen molar-refractivity contribution in [2.45, 2.75) is 32.4 Å². The highest BCUT2D eigenvalue weighted by Crippen LogP contribution is 1.96. The number of sulfone groups is 1. The van der Waals surface area contributed by atoms with Crippen LogP contribution in [0, 0.1) is 0 Å². The van der Waals surface area contributed by atoms with E-state index in [-0.39, 0.29) is 17.5 Å². The quantitative estimate of drug-likeness (QED) is 0.595. The Morgan fingerprint density at radius 1 is 1.44 bits per heavy atom. The van der Waals surface area contributed by atoms with Gasteiger partial charge in [0.15, 0.2) is 9.84 Å². The zero-order chi connectivity index (χ0) is 12.6. The monoisotopic (exact) mass is 253 g/mol. The van der Waals surface area contributed by atoms with Crippen molar-refractivity contribution in [1.82, 2.24) is 5.32 Å². The van der Waals surface area contributed by atoms with Gasteiger partial charge >= 0.3 is 0 Å². The fourth-order valence-electron chi connectivity index (χ4n) is 1.33. The molecule has 16 heavy (non-hydrogen) atoms. The largest absolute Gasteiger partial charge is 0.391 e. The molecule has 0 aliphatic carbocycles. The van der Waals surface area contributed by atoms with Crippen molar-refractivity contribution in [3.63, 3.8) is 0 Å². The smallest absolute Gasteiger partial charge is 0.151 e. The number of rotatable bonds is 9. The Kier molecular flexibility index (Phi) is 7.91. The second kappa shape index (κ2) is 8.00. The molecular formula is C10H23NO4S. The molecule has 0 radical (unpaired) electrons. The molecule has 0 heterocycles. The summed E-state index contributed by atoms with van der Waals surface area (Å²) in [6.45, 7) is 4.37. The minimum absolute atomic E-state index is 0.0836.